The van der Waals surface area contributed by atoms with Crippen LogP contribution in [0, 0.1) is 12.8 Å². The standard InChI is InChI=1S/C53H45N3S/c1-32-19-22-54-23-20-47-38(36-12-4-5-13-37(36)46-15-8-9-21-55(46)47)18-17-35-28-49-41(29-40(35)48(54)24-32)44-26-34(25-33-10-2-3-11-33)27-45-42-30-43-39-14-6-7-16-51(39)57-52(43)31-50(42)56(49)53(44)45/h4-9,12-16,19,21-22,24,26-31,33,38,47H,2-3,10-11,17-18,20,23,25H2,1H3/q+2. The van der Waals surface area contributed by atoms with Crippen LogP contribution in [0.25, 0.3) is 80.8 Å². The highest BCUT2D eigenvalue weighted by atomic mass is 32.1. The van der Waals surface area contributed by atoms with E-state index in [0.29, 0.717) is 12.0 Å². The van der Waals surface area contributed by atoms with Gasteiger partial charge in [0.15, 0.2) is 25.0 Å². The van der Waals surface area contributed by atoms with Crippen LogP contribution < -0.4 is 9.13 Å². The van der Waals surface area contributed by atoms with Gasteiger partial charge in [-0.25, -0.2) is 0 Å². The number of nitrogens with zero attached hydrogens (tertiary/aromatic N) is 3. The third-order valence-corrected chi connectivity index (χ3v) is 15.5. The summed E-state index contributed by atoms with van der Waals surface area (Å²) in [6.45, 7) is 3.24. The van der Waals surface area contributed by atoms with Crippen molar-refractivity contribution in [1.82, 2.24) is 4.40 Å². The summed E-state index contributed by atoms with van der Waals surface area (Å²) in [5.41, 5.74) is 15.4. The first-order valence-electron chi connectivity index (χ1n) is 21.3. The molecular formula is C53H45N3S+2. The Morgan fingerprint density at radius 3 is 2.35 bits per heavy atom. The molecule has 276 valence electrons. The molecule has 7 heterocycles. The molecule has 1 saturated carbocycles. The molecule has 0 saturated heterocycles. The molecule has 4 heteroatoms. The molecule has 2 atom stereocenters. The molecule has 10 aromatic rings. The lowest BCUT2D eigenvalue weighted by Crippen LogP contribution is -2.50. The van der Waals surface area contributed by atoms with E-state index in [4.69, 9.17) is 0 Å². The van der Waals surface area contributed by atoms with Crippen molar-refractivity contribution in [2.45, 2.75) is 76.8 Å². The number of hydrogen-bond donors (Lipinski definition) is 0. The van der Waals surface area contributed by atoms with Crippen LogP contribution in [0.5, 0.6) is 0 Å². The molecule has 2 unspecified atom stereocenters. The Labute approximate surface area is 336 Å². The Morgan fingerprint density at radius 1 is 0.632 bits per heavy atom. The van der Waals surface area contributed by atoms with Gasteiger partial charge in [-0.3, -0.25) is 0 Å². The van der Waals surface area contributed by atoms with E-state index < -0.39 is 0 Å². The molecule has 0 bridgehead atoms. The van der Waals surface area contributed by atoms with Crippen LogP contribution in [-0.2, 0) is 19.4 Å². The van der Waals surface area contributed by atoms with E-state index in [0.717, 1.165) is 31.7 Å². The van der Waals surface area contributed by atoms with Crippen molar-refractivity contribution in [3.05, 3.63) is 150 Å². The van der Waals surface area contributed by atoms with Crippen molar-refractivity contribution >= 4 is 69.6 Å². The van der Waals surface area contributed by atoms with E-state index in [9.17, 15) is 0 Å². The zero-order valence-electron chi connectivity index (χ0n) is 32.5. The first-order chi connectivity index (χ1) is 28.1. The van der Waals surface area contributed by atoms with E-state index in [-0.39, 0.29) is 0 Å². The van der Waals surface area contributed by atoms with Crippen molar-refractivity contribution in [2.75, 3.05) is 0 Å². The maximum absolute atomic E-state index is 2.66. The molecule has 0 radical (unpaired) electrons. The van der Waals surface area contributed by atoms with Gasteiger partial charge < -0.3 is 4.40 Å². The second-order valence-electron chi connectivity index (χ2n) is 17.6. The highest BCUT2D eigenvalue weighted by molar-refractivity contribution is 7.25. The minimum atomic E-state index is 0.396. The van der Waals surface area contributed by atoms with Gasteiger partial charge in [-0.15, -0.1) is 11.3 Å². The molecule has 3 nitrogen and oxygen atoms in total. The number of thiophene rings is 1. The van der Waals surface area contributed by atoms with E-state index in [1.165, 1.54) is 135 Å². The summed E-state index contributed by atoms with van der Waals surface area (Å²) in [6.07, 6.45) is 14.6. The normalized spacial score (nSPS) is 18.4. The van der Waals surface area contributed by atoms with Gasteiger partial charge in [0, 0.05) is 77.5 Å². The van der Waals surface area contributed by atoms with Crippen LogP contribution in [0.4, 0.5) is 0 Å². The number of aryl methyl sites for hydroxylation is 3. The Balaban J connectivity index is 1.08. The fourth-order valence-electron chi connectivity index (χ4n) is 11.8. The minimum absolute atomic E-state index is 0.396. The predicted molar refractivity (Wildman–Crippen MR) is 237 cm³/mol. The number of fused-ring (bicyclic) bond motifs is 18. The highest BCUT2D eigenvalue weighted by Gasteiger charge is 2.41. The quantitative estimate of drug-likeness (QED) is 0.156. The zero-order valence-corrected chi connectivity index (χ0v) is 33.3. The summed E-state index contributed by atoms with van der Waals surface area (Å²) >= 11 is 1.94. The fraction of sp³-hybridized carbons (Fsp3) is 0.245. The van der Waals surface area contributed by atoms with Crippen LogP contribution in [0.2, 0.25) is 0 Å². The topological polar surface area (TPSA) is 12.2 Å². The van der Waals surface area contributed by atoms with Crippen molar-refractivity contribution in [3.63, 3.8) is 0 Å². The third-order valence-electron chi connectivity index (χ3n) is 14.4. The number of rotatable bonds is 2. The van der Waals surface area contributed by atoms with Gasteiger partial charge in [0.1, 0.15) is 0 Å². The molecule has 1 aliphatic carbocycles. The summed E-state index contributed by atoms with van der Waals surface area (Å²) in [7, 11) is 0. The minimum Gasteiger partial charge on any atom is -0.308 e. The Bertz CT molecular complexity index is 3270. The van der Waals surface area contributed by atoms with Crippen molar-refractivity contribution < 1.29 is 9.13 Å². The highest BCUT2D eigenvalue weighted by Crippen LogP contribution is 2.47. The van der Waals surface area contributed by atoms with E-state index in [2.05, 4.69) is 148 Å². The molecule has 0 spiro atoms. The van der Waals surface area contributed by atoms with Gasteiger partial charge >= 0.3 is 0 Å². The molecule has 1 fully saturated rings. The summed E-state index contributed by atoms with van der Waals surface area (Å²) in [4.78, 5) is 0. The third kappa shape index (κ3) is 4.77. The maximum Gasteiger partial charge on any atom is 0.213 e. The van der Waals surface area contributed by atoms with Gasteiger partial charge in [0.25, 0.3) is 0 Å². The summed E-state index contributed by atoms with van der Waals surface area (Å²) in [5.74, 6) is 1.23. The van der Waals surface area contributed by atoms with Crippen LogP contribution in [0.1, 0.15) is 72.7 Å². The molecule has 5 aromatic heterocycles. The summed E-state index contributed by atoms with van der Waals surface area (Å²) in [6, 6.07) is 45.6. The van der Waals surface area contributed by atoms with Crippen LogP contribution in [0.15, 0.2) is 128 Å². The predicted octanol–water partition coefficient (Wildman–Crippen LogP) is 12.8. The van der Waals surface area contributed by atoms with Gasteiger partial charge in [-0.05, 0) is 109 Å². The van der Waals surface area contributed by atoms with Crippen LogP contribution >= 0.6 is 11.3 Å². The monoisotopic (exact) mass is 755 g/mol. The number of hydrogen-bond acceptors (Lipinski definition) is 1. The summed E-state index contributed by atoms with van der Waals surface area (Å²) in [5, 5.41) is 8.41. The number of aromatic nitrogens is 3. The molecule has 0 N–H and O–H groups in total. The van der Waals surface area contributed by atoms with E-state index in [1.54, 1.807) is 0 Å². The van der Waals surface area contributed by atoms with Gasteiger partial charge in [0.05, 0.1) is 28.5 Å². The second kappa shape index (κ2) is 12.2. The molecule has 0 amide bonds. The van der Waals surface area contributed by atoms with E-state index >= 15 is 0 Å². The maximum atomic E-state index is 2.66. The molecule has 13 rings (SSSR count). The largest absolute Gasteiger partial charge is 0.308 e. The van der Waals surface area contributed by atoms with Crippen LogP contribution in [0.3, 0.4) is 0 Å². The van der Waals surface area contributed by atoms with Crippen LogP contribution in [-0.4, -0.2) is 4.40 Å². The Hall–Kier alpha value is -5.58. The number of pyridine rings is 2. The van der Waals surface area contributed by atoms with Gasteiger partial charge in [-0.2, -0.15) is 9.13 Å². The Morgan fingerprint density at radius 2 is 1.44 bits per heavy atom. The lowest BCUT2D eigenvalue weighted by Gasteiger charge is -2.31. The van der Waals surface area contributed by atoms with Crippen molar-refractivity contribution in [3.8, 4) is 22.5 Å². The molecule has 5 aromatic carbocycles. The molecule has 3 aliphatic rings. The molecule has 57 heavy (non-hydrogen) atoms. The summed E-state index contributed by atoms with van der Waals surface area (Å²) < 4.78 is 10.6. The van der Waals surface area contributed by atoms with Gasteiger partial charge in [-0.1, -0.05) is 62.1 Å². The van der Waals surface area contributed by atoms with Crippen molar-refractivity contribution in [2.24, 2.45) is 5.92 Å². The average Bonchev–Trinajstić information content (AvgIpc) is 4.03. The second-order valence-corrected chi connectivity index (χ2v) is 18.7. The lowest BCUT2D eigenvalue weighted by molar-refractivity contribution is -0.738. The first-order valence-corrected chi connectivity index (χ1v) is 22.2. The number of benzene rings is 5. The smallest absolute Gasteiger partial charge is 0.213 e. The van der Waals surface area contributed by atoms with Gasteiger partial charge in [0.2, 0.25) is 11.4 Å². The first kappa shape index (κ1) is 32.5. The molecule has 2 aliphatic heterocycles. The van der Waals surface area contributed by atoms with E-state index in [1.807, 2.05) is 11.3 Å². The van der Waals surface area contributed by atoms with Crippen molar-refractivity contribution in [1.29, 1.82) is 0 Å². The SMILES string of the molecule is Cc1cc[n+]2c(c1)-c1cc3c4cc(CC5CCCC5)cc5c6cc7c(cc6n(c3cc1CCC1c3ccccc3-c3cccc[n+]3C1CC2)c45)sc1ccccc17. The molecular weight excluding hydrogens is 711 g/mol. The zero-order chi connectivity index (χ0) is 37.4. The average molecular weight is 756 g/mol. The fourth-order valence-corrected chi connectivity index (χ4v) is 12.9. The lowest BCUT2D eigenvalue weighted by atomic mass is 9.78. The Kier molecular flexibility index (Phi) is 6.96.